The molecule has 1 aromatic carbocycles. The van der Waals surface area contributed by atoms with Gasteiger partial charge < -0.3 is 4.90 Å². The maximum Gasteiger partial charge on any atom is 0.253 e. The van der Waals surface area contributed by atoms with E-state index >= 15 is 0 Å². The predicted octanol–water partition coefficient (Wildman–Crippen LogP) is 3.76. The van der Waals surface area contributed by atoms with Crippen LogP contribution >= 0.6 is 0 Å². The Morgan fingerprint density at radius 1 is 0.893 bits per heavy atom. The van der Waals surface area contributed by atoms with Crippen molar-refractivity contribution in [3.05, 3.63) is 29.8 Å². The molecule has 154 valence electrons. The van der Waals surface area contributed by atoms with E-state index in [-0.39, 0.29) is 5.91 Å². The number of rotatable bonds is 3. The summed E-state index contributed by atoms with van der Waals surface area (Å²) < 4.78 is 27.3. The number of hydrogen-bond donors (Lipinski definition) is 0. The number of amides is 1. The van der Waals surface area contributed by atoms with E-state index in [0.29, 0.717) is 35.4 Å². The molecular formula is C22H32N2O3S. The van der Waals surface area contributed by atoms with Crippen LogP contribution < -0.4 is 0 Å². The predicted molar refractivity (Wildman–Crippen MR) is 110 cm³/mol. The smallest absolute Gasteiger partial charge is 0.253 e. The summed E-state index contributed by atoms with van der Waals surface area (Å²) in [7, 11) is -3.46. The fraction of sp³-hybridized carbons (Fsp3) is 0.682. The topological polar surface area (TPSA) is 57.7 Å². The zero-order chi connectivity index (χ0) is 19.7. The Morgan fingerprint density at radius 2 is 1.54 bits per heavy atom. The van der Waals surface area contributed by atoms with Gasteiger partial charge in [-0.25, -0.2) is 8.42 Å². The molecule has 0 bridgehead atoms. The number of carbonyl (C=O) groups excluding carboxylic acids is 1. The normalized spacial score (nSPS) is 27.4. The Kier molecular flexibility index (Phi) is 5.79. The molecule has 3 aliphatic rings. The molecule has 5 nitrogen and oxygen atoms in total. The van der Waals surface area contributed by atoms with E-state index in [1.54, 1.807) is 28.6 Å². The second-order valence-corrected chi connectivity index (χ2v) is 10.9. The standard InChI is InChI=1S/C22H32N2O3S/c1-17-10-14-24(15-11-17)28(26,27)21-8-6-19(7-9-21)22(25)23-13-12-18-4-2-3-5-20(18)16-23/h6-9,17-18,20H,2-5,10-16H2,1H3/t18-,20-/m0/s1. The molecule has 1 aromatic rings. The molecule has 1 aliphatic carbocycles. The first-order chi connectivity index (χ1) is 13.4. The van der Waals surface area contributed by atoms with Crippen molar-refractivity contribution in [1.29, 1.82) is 0 Å². The van der Waals surface area contributed by atoms with E-state index in [2.05, 4.69) is 6.92 Å². The molecular weight excluding hydrogens is 372 g/mol. The number of sulfonamides is 1. The van der Waals surface area contributed by atoms with Gasteiger partial charge >= 0.3 is 0 Å². The summed E-state index contributed by atoms with van der Waals surface area (Å²) in [5.41, 5.74) is 0.598. The van der Waals surface area contributed by atoms with Gasteiger partial charge in [-0.1, -0.05) is 26.2 Å². The van der Waals surface area contributed by atoms with Gasteiger partial charge in [-0.05, 0) is 67.7 Å². The summed E-state index contributed by atoms with van der Waals surface area (Å²) >= 11 is 0. The molecule has 0 spiro atoms. The van der Waals surface area contributed by atoms with Crippen molar-refractivity contribution < 1.29 is 13.2 Å². The van der Waals surface area contributed by atoms with Crippen LogP contribution in [-0.2, 0) is 10.0 Å². The molecule has 0 radical (unpaired) electrons. The van der Waals surface area contributed by atoms with Gasteiger partial charge in [-0.2, -0.15) is 4.31 Å². The second kappa shape index (κ2) is 8.15. The van der Waals surface area contributed by atoms with E-state index in [9.17, 15) is 13.2 Å². The monoisotopic (exact) mass is 404 g/mol. The van der Waals surface area contributed by atoms with E-state index < -0.39 is 10.0 Å². The lowest BCUT2D eigenvalue weighted by Crippen LogP contribution is -2.44. The molecule has 0 aromatic heterocycles. The van der Waals surface area contributed by atoms with Gasteiger partial charge in [0, 0.05) is 31.7 Å². The lowest BCUT2D eigenvalue weighted by Gasteiger charge is -2.41. The van der Waals surface area contributed by atoms with Crippen molar-refractivity contribution in [3.63, 3.8) is 0 Å². The zero-order valence-corrected chi connectivity index (χ0v) is 17.7. The van der Waals surface area contributed by atoms with Crippen LogP contribution in [0.4, 0.5) is 0 Å². The summed E-state index contributed by atoms with van der Waals surface area (Å²) in [5.74, 6) is 2.06. The first-order valence-electron chi connectivity index (χ1n) is 10.8. The Labute approximate surface area is 169 Å². The zero-order valence-electron chi connectivity index (χ0n) is 16.8. The molecule has 4 rings (SSSR count). The van der Waals surface area contributed by atoms with Crippen molar-refractivity contribution in [1.82, 2.24) is 9.21 Å². The lowest BCUT2D eigenvalue weighted by molar-refractivity contribution is 0.0521. The number of carbonyl (C=O) groups is 1. The third-order valence-corrected chi connectivity index (χ3v) is 8.97. The SMILES string of the molecule is CC1CCN(S(=O)(=O)c2ccc(C(=O)N3CC[C@@H]4CCCC[C@H]4C3)cc2)CC1. The third-order valence-electron chi connectivity index (χ3n) is 7.06. The highest BCUT2D eigenvalue weighted by Gasteiger charge is 2.33. The second-order valence-electron chi connectivity index (χ2n) is 8.96. The maximum atomic E-state index is 12.9. The molecule has 2 heterocycles. The quantitative estimate of drug-likeness (QED) is 0.771. The Hall–Kier alpha value is -1.40. The van der Waals surface area contributed by atoms with Crippen molar-refractivity contribution in [3.8, 4) is 0 Å². The van der Waals surface area contributed by atoms with Crippen LogP contribution in [0.1, 0.15) is 62.2 Å². The number of piperidine rings is 2. The number of fused-ring (bicyclic) bond motifs is 1. The highest BCUT2D eigenvalue weighted by atomic mass is 32.2. The lowest BCUT2D eigenvalue weighted by atomic mass is 9.75. The molecule has 2 atom stereocenters. The highest BCUT2D eigenvalue weighted by Crippen LogP contribution is 2.36. The van der Waals surface area contributed by atoms with Gasteiger partial charge in [0.2, 0.25) is 10.0 Å². The molecule has 0 unspecified atom stereocenters. The highest BCUT2D eigenvalue weighted by molar-refractivity contribution is 7.89. The van der Waals surface area contributed by atoms with Crippen LogP contribution in [0.15, 0.2) is 29.2 Å². The minimum absolute atomic E-state index is 0.0415. The first kappa shape index (κ1) is 19.9. The fourth-order valence-corrected chi connectivity index (χ4v) is 6.58. The average molecular weight is 405 g/mol. The number of benzene rings is 1. The summed E-state index contributed by atoms with van der Waals surface area (Å²) in [6.07, 6.45) is 8.09. The van der Waals surface area contributed by atoms with Gasteiger partial charge in [-0.15, -0.1) is 0 Å². The van der Waals surface area contributed by atoms with Crippen LogP contribution in [-0.4, -0.2) is 49.7 Å². The van der Waals surface area contributed by atoms with Gasteiger partial charge in [0.25, 0.3) is 5.91 Å². The largest absolute Gasteiger partial charge is 0.338 e. The summed E-state index contributed by atoms with van der Waals surface area (Å²) in [6.45, 7) is 5.02. The number of hydrogen-bond acceptors (Lipinski definition) is 3. The summed E-state index contributed by atoms with van der Waals surface area (Å²) in [6, 6.07) is 6.59. The van der Waals surface area contributed by atoms with Gasteiger partial charge in [0.15, 0.2) is 0 Å². The van der Waals surface area contributed by atoms with Gasteiger partial charge in [0.05, 0.1) is 4.90 Å². The van der Waals surface area contributed by atoms with Crippen LogP contribution in [0.25, 0.3) is 0 Å². The molecule has 2 aliphatic heterocycles. The van der Waals surface area contributed by atoms with Crippen molar-refractivity contribution in [2.24, 2.45) is 17.8 Å². The van der Waals surface area contributed by atoms with Crippen LogP contribution in [0.3, 0.4) is 0 Å². The average Bonchev–Trinajstić information content (AvgIpc) is 2.73. The molecule has 2 saturated heterocycles. The van der Waals surface area contributed by atoms with Gasteiger partial charge in [0.1, 0.15) is 0 Å². The number of nitrogens with zero attached hydrogens (tertiary/aromatic N) is 2. The van der Waals surface area contributed by atoms with Crippen LogP contribution in [0.5, 0.6) is 0 Å². The Morgan fingerprint density at radius 3 is 2.21 bits per heavy atom. The number of likely N-dealkylation sites (tertiary alicyclic amines) is 1. The molecule has 0 N–H and O–H groups in total. The van der Waals surface area contributed by atoms with Crippen molar-refractivity contribution in [2.45, 2.75) is 56.8 Å². The molecule has 6 heteroatoms. The summed E-state index contributed by atoms with van der Waals surface area (Å²) in [4.78, 5) is 15.2. The summed E-state index contributed by atoms with van der Waals surface area (Å²) in [5, 5.41) is 0. The van der Waals surface area contributed by atoms with E-state index in [0.717, 1.165) is 38.3 Å². The Bertz CT molecular complexity index is 798. The maximum absolute atomic E-state index is 12.9. The minimum atomic E-state index is -3.46. The molecule has 3 fully saturated rings. The molecule has 28 heavy (non-hydrogen) atoms. The molecule has 1 saturated carbocycles. The minimum Gasteiger partial charge on any atom is -0.338 e. The van der Waals surface area contributed by atoms with Crippen molar-refractivity contribution in [2.75, 3.05) is 26.2 Å². The van der Waals surface area contributed by atoms with E-state index in [1.165, 1.54) is 25.7 Å². The Balaban J connectivity index is 1.43. The van der Waals surface area contributed by atoms with Crippen LogP contribution in [0.2, 0.25) is 0 Å². The van der Waals surface area contributed by atoms with E-state index in [1.807, 2.05) is 4.90 Å². The van der Waals surface area contributed by atoms with Crippen molar-refractivity contribution >= 4 is 15.9 Å². The van der Waals surface area contributed by atoms with Gasteiger partial charge in [-0.3, -0.25) is 4.79 Å². The third kappa shape index (κ3) is 3.99. The fourth-order valence-electron chi connectivity index (χ4n) is 5.11. The first-order valence-corrected chi connectivity index (χ1v) is 12.3. The molecule has 1 amide bonds. The van der Waals surface area contributed by atoms with E-state index in [4.69, 9.17) is 0 Å². The van der Waals surface area contributed by atoms with Crippen LogP contribution in [0, 0.1) is 17.8 Å².